The SMILES string of the molecule is Cc1ccc(C(=O)OCC(=O)NCCNc2ccc([N+](=O)[O-])cc2)cc1F. The van der Waals surface area contributed by atoms with Crippen molar-refractivity contribution in [3.8, 4) is 0 Å². The van der Waals surface area contributed by atoms with E-state index in [2.05, 4.69) is 10.6 Å². The van der Waals surface area contributed by atoms with Crippen LogP contribution in [0.3, 0.4) is 0 Å². The molecule has 2 aromatic rings. The van der Waals surface area contributed by atoms with Gasteiger partial charge in [-0.05, 0) is 36.8 Å². The van der Waals surface area contributed by atoms with E-state index in [-0.39, 0.29) is 17.8 Å². The summed E-state index contributed by atoms with van der Waals surface area (Å²) in [6.45, 7) is 1.72. The quantitative estimate of drug-likeness (QED) is 0.317. The topological polar surface area (TPSA) is 111 Å². The molecule has 8 nitrogen and oxygen atoms in total. The van der Waals surface area contributed by atoms with Gasteiger partial charge in [-0.1, -0.05) is 6.07 Å². The van der Waals surface area contributed by atoms with Crippen LogP contribution in [-0.4, -0.2) is 36.5 Å². The van der Waals surface area contributed by atoms with E-state index in [1.54, 1.807) is 19.1 Å². The molecule has 0 saturated carbocycles. The van der Waals surface area contributed by atoms with Crippen LogP contribution in [0.1, 0.15) is 15.9 Å². The van der Waals surface area contributed by atoms with Crippen molar-refractivity contribution < 1.29 is 23.6 Å². The summed E-state index contributed by atoms with van der Waals surface area (Å²) in [4.78, 5) is 33.5. The van der Waals surface area contributed by atoms with E-state index < -0.39 is 29.2 Å². The largest absolute Gasteiger partial charge is 0.452 e. The number of hydrogen-bond acceptors (Lipinski definition) is 6. The number of nitro groups is 1. The number of aryl methyl sites for hydroxylation is 1. The average Bonchev–Trinajstić information content (AvgIpc) is 2.65. The summed E-state index contributed by atoms with van der Waals surface area (Å²) >= 11 is 0. The van der Waals surface area contributed by atoms with E-state index in [4.69, 9.17) is 4.74 Å². The molecule has 1 amide bonds. The molecule has 2 rings (SSSR count). The summed E-state index contributed by atoms with van der Waals surface area (Å²) in [5, 5.41) is 16.1. The maximum absolute atomic E-state index is 13.4. The van der Waals surface area contributed by atoms with Gasteiger partial charge in [0.2, 0.25) is 0 Å². The number of non-ortho nitro benzene ring substituents is 1. The number of anilines is 1. The molecule has 0 radical (unpaired) electrons. The van der Waals surface area contributed by atoms with Crippen LogP contribution in [0.4, 0.5) is 15.8 Å². The Bertz CT molecular complexity index is 839. The van der Waals surface area contributed by atoms with Crippen molar-refractivity contribution in [2.45, 2.75) is 6.92 Å². The lowest BCUT2D eigenvalue weighted by atomic mass is 10.1. The summed E-state index contributed by atoms with van der Waals surface area (Å²) in [6, 6.07) is 9.79. The number of esters is 1. The number of nitrogens with one attached hydrogen (secondary N) is 2. The third kappa shape index (κ3) is 6.07. The summed E-state index contributed by atoms with van der Waals surface area (Å²) in [5.74, 6) is -1.80. The summed E-state index contributed by atoms with van der Waals surface area (Å²) in [6.07, 6.45) is 0. The van der Waals surface area contributed by atoms with Crippen molar-refractivity contribution in [1.82, 2.24) is 5.32 Å². The minimum Gasteiger partial charge on any atom is -0.452 e. The Balaban J connectivity index is 1.67. The Hall–Kier alpha value is -3.49. The average molecular weight is 375 g/mol. The number of benzene rings is 2. The number of nitro benzene ring substituents is 1. The third-order valence-corrected chi connectivity index (χ3v) is 3.60. The fraction of sp³-hybridized carbons (Fsp3) is 0.222. The van der Waals surface area contributed by atoms with Gasteiger partial charge in [0, 0.05) is 30.9 Å². The molecular weight excluding hydrogens is 357 g/mol. The number of nitrogens with zero attached hydrogens (tertiary/aromatic N) is 1. The van der Waals surface area contributed by atoms with E-state index in [1.165, 1.54) is 24.3 Å². The first-order valence-corrected chi connectivity index (χ1v) is 8.05. The molecule has 142 valence electrons. The maximum atomic E-state index is 13.4. The van der Waals surface area contributed by atoms with Gasteiger partial charge in [-0.2, -0.15) is 0 Å². The van der Waals surface area contributed by atoms with Crippen LogP contribution >= 0.6 is 0 Å². The maximum Gasteiger partial charge on any atom is 0.338 e. The van der Waals surface area contributed by atoms with Crippen molar-refractivity contribution in [1.29, 1.82) is 0 Å². The van der Waals surface area contributed by atoms with Gasteiger partial charge in [0.15, 0.2) is 6.61 Å². The summed E-state index contributed by atoms with van der Waals surface area (Å²) < 4.78 is 18.3. The van der Waals surface area contributed by atoms with E-state index in [1.807, 2.05) is 0 Å². The molecule has 0 atom stereocenters. The first-order chi connectivity index (χ1) is 12.9. The smallest absolute Gasteiger partial charge is 0.338 e. The monoisotopic (exact) mass is 375 g/mol. The van der Waals surface area contributed by atoms with Crippen molar-refractivity contribution in [3.05, 3.63) is 69.5 Å². The van der Waals surface area contributed by atoms with Crippen LogP contribution in [0.2, 0.25) is 0 Å². The number of carbonyl (C=O) groups is 2. The van der Waals surface area contributed by atoms with Crippen molar-refractivity contribution in [2.75, 3.05) is 25.0 Å². The fourth-order valence-corrected chi connectivity index (χ4v) is 2.10. The lowest BCUT2D eigenvalue weighted by molar-refractivity contribution is -0.384. The number of halogens is 1. The predicted octanol–water partition coefficient (Wildman–Crippen LogP) is 2.43. The zero-order valence-electron chi connectivity index (χ0n) is 14.5. The minimum atomic E-state index is -0.784. The second-order valence-corrected chi connectivity index (χ2v) is 5.62. The van der Waals surface area contributed by atoms with Crippen LogP contribution in [0, 0.1) is 22.9 Å². The Kier molecular flexibility index (Phi) is 6.81. The Morgan fingerprint density at radius 3 is 2.48 bits per heavy atom. The number of amides is 1. The fourth-order valence-electron chi connectivity index (χ4n) is 2.10. The Morgan fingerprint density at radius 1 is 1.15 bits per heavy atom. The molecule has 0 aliphatic heterocycles. The van der Waals surface area contributed by atoms with Crippen LogP contribution < -0.4 is 10.6 Å². The van der Waals surface area contributed by atoms with Gasteiger partial charge in [-0.3, -0.25) is 14.9 Å². The van der Waals surface area contributed by atoms with Gasteiger partial charge < -0.3 is 15.4 Å². The Morgan fingerprint density at radius 2 is 1.85 bits per heavy atom. The third-order valence-electron chi connectivity index (χ3n) is 3.60. The molecular formula is C18H18FN3O5. The molecule has 0 aromatic heterocycles. The molecule has 0 unspecified atom stereocenters. The molecule has 9 heteroatoms. The van der Waals surface area contributed by atoms with E-state index in [0.29, 0.717) is 17.8 Å². The predicted molar refractivity (Wildman–Crippen MR) is 96.0 cm³/mol. The van der Waals surface area contributed by atoms with Gasteiger partial charge in [0.1, 0.15) is 5.82 Å². The Labute approximate surface area is 154 Å². The van der Waals surface area contributed by atoms with E-state index in [0.717, 1.165) is 6.07 Å². The molecule has 2 aromatic carbocycles. The van der Waals surface area contributed by atoms with E-state index in [9.17, 15) is 24.1 Å². The van der Waals surface area contributed by atoms with Crippen LogP contribution in [-0.2, 0) is 9.53 Å². The van der Waals surface area contributed by atoms with Crippen molar-refractivity contribution in [2.24, 2.45) is 0 Å². The number of carbonyl (C=O) groups excluding carboxylic acids is 2. The molecule has 0 saturated heterocycles. The lowest BCUT2D eigenvalue weighted by Gasteiger charge is -2.09. The highest BCUT2D eigenvalue weighted by Crippen LogP contribution is 2.14. The first kappa shape index (κ1) is 19.8. The normalized spacial score (nSPS) is 10.1. The minimum absolute atomic E-state index is 0.0101. The van der Waals surface area contributed by atoms with Crippen molar-refractivity contribution in [3.63, 3.8) is 0 Å². The van der Waals surface area contributed by atoms with E-state index >= 15 is 0 Å². The van der Waals surface area contributed by atoms with Gasteiger partial charge >= 0.3 is 5.97 Å². The standard InChI is InChI=1S/C18H18FN3O5/c1-12-2-3-13(10-16(12)19)18(24)27-11-17(23)21-9-8-20-14-4-6-15(7-5-14)22(25)26/h2-7,10,20H,8-9,11H2,1H3,(H,21,23). The molecule has 0 bridgehead atoms. The number of rotatable bonds is 8. The summed E-state index contributed by atoms with van der Waals surface area (Å²) in [5.41, 5.74) is 1.10. The zero-order chi connectivity index (χ0) is 19.8. The highest BCUT2D eigenvalue weighted by Gasteiger charge is 2.11. The lowest BCUT2D eigenvalue weighted by Crippen LogP contribution is -2.32. The van der Waals surface area contributed by atoms with Gasteiger partial charge in [0.25, 0.3) is 11.6 Å². The number of ether oxygens (including phenoxy) is 1. The molecule has 2 N–H and O–H groups in total. The molecule has 0 spiro atoms. The van der Waals surface area contributed by atoms with Crippen molar-refractivity contribution >= 4 is 23.3 Å². The molecule has 0 aliphatic rings. The molecule has 0 heterocycles. The summed E-state index contributed by atoms with van der Waals surface area (Å²) in [7, 11) is 0. The highest BCUT2D eigenvalue weighted by molar-refractivity contribution is 5.91. The molecule has 0 fully saturated rings. The van der Waals surface area contributed by atoms with Crippen LogP contribution in [0.5, 0.6) is 0 Å². The molecule has 0 aliphatic carbocycles. The second kappa shape index (κ2) is 9.27. The zero-order valence-corrected chi connectivity index (χ0v) is 14.5. The van der Waals surface area contributed by atoms with Gasteiger partial charge in [-0.25, -0.2) is 9.18 Å². The second-order valence-electron chi connectivity index (χ2n) is 5.62. The van der Waals surface area contributed by atoms with Gasteiger partial charge in [-0.15, -0.1) is 0 Å². The number of hydrogen-bond donors (Lipinski definition) is 2. The van der Waals surface area contributed by atoms with Crippen LogP contribution in [0.15, 0.2) is 42.5 Å². The molecule has 27 heavy (non-hydrogen) atoms. The van der Waals surface area contributed by atoms with Crippen LogP contribution in [0.25, 0.3) is 0 Å². The first-order valence-electron chi connectivity index (χ1n) is 8.05. The van der Waals surface area contributed by atoms with Gasteiger partial charge in [0.05, 0.1) is 10.5 Å². The highest BCUT2D eigenvalue weighted by atomic mass is 19.1.